The summed E-state index contributed by atoms with van der Waals surface area (Å²) in [5.41, 5.74) is 0. The first-order chi connectivity index (χ1) is 9.83. The van der Waals surface area contributed by atoms with Gasteiger partial charge in [-0.25, -0.2) is 8.78 Å². The summed E-state index contributed by atoms with van der Waals surface area (Å²) in [4.78, 5) is -0.275. The summed E-state index contributed by atoms with van der Waals surface area (Å²) >= 11 is 3.13. The van der Waals surface area contributed by atoms with Crippen molar-refractivity contribution in [3.05, 3.63) is 52.5 Å². The Labute approximate surface area is 128 Å². The second-order valence-corrected chi connectivity index (χ2v) is 6.34. The fraction of sp³-hybridized carbons (Fsp3) is 0.0769. The van der Waals surface area contributed by atoms with Crippen molar-refractivity contribution >= 4 is 26.0 Å². The van der Waals surface area contributed by atoms with E-state index in [1.807, 2.05) is 0 Å². The lowest BCUT2D eigenvalue weighted by atomic mass is 10.3. The van der Waals surface area contributed by atoms with Gasteiger partial charge in [0.1, 0.15) is 16.5 Å². The SMILES string of the molecule is COc1ccc(Br)cc1S(=O)(=O)Oc1ccc(F)cc1F. The van der Waals surface area contributed by atoms with Gasteiger partial charge in [-0.1, -0.05) is 15.9 Å². The molecule has 0 fully saturated rings. The van der Waals surface area contributed by atoms with Crippen molar-refractivity contribution < 1.29 is 26.1 Å². The molecule has 2 rings (SSSR count). The van der Waals surface area contributed by atoms with Crippen LogP contribution in [0.25, 0.3) is 0 Å². The van der Waals surface area contributed by atoms with Crippen molar-refractivity contribution in [3.63, 3.8) is 0 Å². The van der Waals surface area contributed by atoms with E-state index in [-0.39, 0.29) is 10.6 Å². The molecule has 4 nitrogen and oxygen atoms in total. The molecule has 0 saturated heterocycles. The molecule has 0 saturated carbocycles. The number of benzene rings is 2. The van der Waals surface area contributed by atoms with Gasteiger partial charge in [-0.15, -0.1) is 0 Å². The van der Waals surface area contributed by atoms with Crippen LogP contribution in [0.2, 0.25) is 0 Å². The van der Waals surface area contributed by atoms with E-state index in [0.717, 1.165) is 12.1 Å². The second kappa shape index (κ2) is 5.98. The molecule has 0 radical (unpaired) electrons. The molecule has 2 aromatic rings. The zero-order valence-electron chi connectivity index (χ0n) is 10.6. The predicted molar refractivity (Wildman–Crippen MR) is 74.9 cm³/mol. The van der Waals surface area contributed by atoms with Gasteiger partial charge in [-0.2, -0.15) is 8.42 Å². The fourth-order valence-corrected chi connectivity index (χ4v) is 3.19. The molecule has 0 bridgehead atoms. The molecular formula is C13H9BrF2O4S. The van der Waals surface area contributed by atoms with Gasteiger partial charge in [0, 0.05) is 10.5 Å². The Hall–Kier alpha value is -1.67. The van der Waals surface area contributed by atoms with E-state index in [4.69, 9.17) is 8.92 Å². The van der Waals surface area contributed by atoms with E-state index >= 15 is 0 Å². The Morgan fingerprint density at radius 2 is 1.71 bits per heavy atom. The molecule has 8 heteroatoms. The van der Waals surface area contributed by atoms with Crippen molar-refractivity contribution in [2.75, 3.05) is 7.11 Å². The molecule has 21 heavy (non-hydrogen) atoms. The number of halogens is 3. The Morgan fingerprint density at radius 1 is 1.05 bits per heavy atom. The van der Waals surface area contributed by atoms with E-state index in [0.29, 0.717) is 10.5 Å². The van der Waals surface area contributed by atoms with Gasteiger partial charge in [0.2, 0.25) is 0 Å². The standard InChI is InChI=1S/C13H9BrF2O4S/c1-19-12-4-2-8(14)6-13(12)21(17,18)20-11-5-3-9(15)7-10(11)16/h2-7H,1H3. The van der Waals surface area contributed by atoms with Crippen LogP contribution in [0.1, 0.15) is 0 Å². The third-order valence-corrected chi connectivity index (χ3v) is 4.24. The normalized spacial score (nSPS) is 11.2. The summed E-state index contributed by atoms with van der Waals surface area (Å²) in [6.45, 7) is 0. The van der Waals surface area contributed by atoms with Crippen molar-refractivity contribution in [1.29, 1.82) is 0 Å². The lowest BCUT2D eigenvalue weighted by molar-refractivity contribution is 0.396. The molecule has 0 aliphatic carbocycles. The van der Waals surface area contributed by atoms with E-state index in [9.17, 15) is 17.2 Å². The van der Waals surface area contributed by atoms with Crippen LogP contribution >= 0.6 is 15.9 Å². The number of hydrogen-bond acceptors (Lipinski definition) is 4. The number of ether oxygens (including phenoxy) is 1. The van der Waals surface area contributed by atoms with Crippen LogP contribution < -0.4 is 8.92 Å². The summed E-state index contributed by atoms with van der Waals surface area (Å²) in [5.74, 6) is -2.51. The zero-order chi connectivity index (χ0) is 15.6. The maximum Gasteiger partial charge on any atom is 0.343 e. The second-order valence-electron chi connectivity index (χ2n) is 3.91. The highest BCUT2D eigenvalue weighted by molar-refractivity contribution is 9.10. The minimum absolute atomic E-state index is 0.0423. The molecule has 0 unspecified atom stereocenters. The van der Waals surface area contributed by atoms with Crippen molar-refractivity contribution in [1.82, 2.24) is 0 Å². The maximum atomic E-state index is 13.5. The smallest absolute Gasteiger partial charge is 0.343 e. The first-order valence-corrected chi connectivity index (χ1v) is 7.76. The molecule has 0 atom stereocenters. The number of methoxy groups -OCH3 is 1. The third-order valence-electron chi connectivity index (χ3n) is 2.49. The Kier molecular flexibility index (Phi) is 4.48. The quantitative estimate of drug-likeness (QED) is 0.764. The van der Waals surface area contributed by atoms with E-state index in [1.54, 1.807) is 6.07 Å². The zero-order valence-corrected chi connectivity index (χ0v) is 13.0. The Balaban J connectivity index is 2.45. The van der Waals surface area contributed by atoms with E-state index in [1.165, 1.54) is 19.2 Å². The summed E-state index contributed by atoms with van der Waals surface area (Å²) in [6, 6.07) is 6.58. The fourth-order valence-electron chi connectivity index (χ4n) is 1.55. The molecule has 0 N–H and O–H groups in total. The van der Waals surface area contributed by atoms with Crippen molar-refractivity contribution in [2.45, 2.75) is 4.90 Å². The van der Waals surface area contributed by atoms with Gasteiger partial charge in [0.05, 0.1) is 7.11 Å². The predicted octanol–water partition coefficient (Wildman–Crippen LogP) is 3.50. The van der Waals surface area contributed by atoms with Crippen LogP contribution in [-0.4, -0.2) is 15.5 Å². The monoisotopic (exact) mass is 378 g/mol. The highest BCUT2D eigenvalue weighted by Gasteiger charge is 2.24. The summed E-state index contributed by atoms with van der Waals surface area (Å²) in [5, 5.41) is 0. The molecule has 0 aromatic heterocycles. The highest BCUT2D eigenvalue weighted by Crippen LogP contribution is 2.30. The van der Waals surface area contributed by atoms with Crippen LogP contribution in [0.5, 0.6) is 11.5 Å². The minimum Gasteiger partial charge on any atom is -0.495 e. The average Bonchev–Trinajstić information content (AvgIpc) is 2.42. The highest BCUT2D eigenvalue weighted by atomic mass is 79.9. The van der Waals surface area contributed by atoms with E-state index < -0.39 is 27.5 Å². The van der Waals surface area contributed by atoms with Gasteiger partial charge in [-0.05, 0) is 30.3 Å². The molecule has 0 aliphatic rings. The van der Waals surface area contributed by atoms with Crippen LogP contribution in [0.3, 0.4) is 0 Å². The molecule has 0 amide bonds. The molecule has 0 spiro atoms. The van der Waals surface area contributed by atoms with Gasteiger partial charge in [0.25, 0.3) is 0 Å². The summed E-state index contributed by atoms with van der Waals surface area (Å²) < 4.78 is 60.8. The molecule has 112 valence electrons. The average molecular weight is 379 g/mol. The van der Waals surface area contributed by atoms with Gasteiger partial charge in [-0.3, -0.25) is 0 Å². The van der Waals surface area contributed by atoms with Gasteiger partial charge < -0.3 is 8.92 Å². The van der Waals surface area contributed by atoms with Crippen molar-refractivity contribution in [2.24, 2.45) is 0 Å². The number of hydrogen-bond donors (Lipinski definition) is 0. The van der Waals surface area contributed by atoms with Gasteiger partial charge in [0.15, 0.2) is 11.6 Å². The topological polar surface area (TPSA) is 52.6 Å². The van der Waals surface area contributed by atoms with Crippen LogP contribution in [0.4, 0.5) is 8.78 Å². The summed E-state index contributed by atoms with van der Waals surface area (Å²) in [7, 11) is -3.04. The Bertz CT molecular complexity index is 778. The molecular weight excluding hydrogens is 370 g/mol. The first kappa shape index (κ1) is 15.7. The number of rotatable bonds is 4. The largest absolute Gasteiger partial charge is 0.495 e. The van der Waals surface area contributed by atoms with E-state index in [2.05, 4.69) is 15.9 Å². The maximum absolute atomic E-state index is 13.5. The molecule has 0 aliphatic heterocycles. The summed E-state index contributed by atoms with van der Waals surface area (Å²) in [6.07, 6.45) is 0. The Morgan fingerprint density at radius 3 is 2.33 bits per heavy atom. The first-order valence-electron chi connectivity index (χ1n) is 5.56. The minimum atomic E-state index is -4.33. The van der Waals surface area contributed by atoms with Crippen LogP contribution in [-0.2, 0) is 10.1 Å². The molecule has 2 aromatic carbocycles. The molecule has 0 heterocycles. The van der Waals surface area contributed by atoms with Gasteiger partial charge >= 0.3 is 10.1 Å². The van der Waals surface area contributed by atoms with Crippen LogP contribution in [0.15, 0.2) is 45.8 Å². The van der Waals surface area contributed by atoms with Crippen LogP contribution in [0, 0.1) is 11.6 Å². The third kappa shape index (κ3) is 3.51. The lowest BCUT2D eigenvalue weighted by Gasteiger charge is -2.11. The van der Waals surface area contributed by atoms with Crippen molar-refractivity contribution in [3.8, 4) is 11.5 Å². The lowest BCUT2D eigenvalue weighted by Crippen LogP contribution is -2.12.